The van der Waals surface area contributed by atoms with E-state index in [0.29, 0.717) is 0 Å². The quantitative estimate of drug-likeness (QED) is 0.409. The molecular weight excluding hydrogens is 372 g/mol. The van der Waals surface area contributed by atoms with Crippen LogP contribution >= 0.6 is 0 Å². The van der Waals surface area contributed by atoms with Crippen LogP contribution in [0, 0.1) is 0 Å². The van der Waals surface area contributed by atoms with E-state index in [2.05, 4.69) is 115 Å². The van der Waals surface area contributed by atoms with E-state index >= 15 is 0 Å². The van der Waals surface area contributed by atoms with Crippen LogP contribution in [0.5, 0.6) is 0 Å². The van der Waals surface area contributed by atoms with Crippen molar-refractivity contribution in [2.75, 3.05) is 0 Å². The van der Waals surface area contributed by atoms with Gasteiger partial charge in [-0.3, -0.25) is 0 Å². The van der Waals surface area contributed by atoms with Gasteiger partial charge in [0, 0.05) is 0 Å². The van der Waals surface area contributed by atoms with Crippen LogP contribution in [0.3, 0.4) is 0 Å². The van der Waals surface area contributed by atoms with Gasteiger partial charge in [0.05, 0.1) is 0 Å². The number of hydrogen-bond acceptors (Lipinski definition) is 0. The molecular formula is C31H34. The summed E-state index contributed by atoms with van der Waals surface area (Å²) in [5.74, 6) is 0. The zero-order chi connectivity index (χ0) is 23.0. The number of rotatable bonds is 8. The number of allylic oxidation sites excluding steroid dienone is 5. The molecule has 0 spiro atoms. The standard InChI is InChI=1S/C31H34/c1-9-17-25-24(16-8)28(20-12-4)30-26(18-10-2)22(14-6)23(15-7)27(19-11-3)31(30)29(25)21-13-5/h9-21H,6-8H2,1-5H3/b17-9-,18-10-,19-11-,20-12-,21-13-. The molecule has 0 aromatic heterocycles. The van der Waals surface area contributed by atoms with Gasteiger partial charge in [0.15, 0.2) is 0 Å². The monoisotopic (exact) mass is 406 g/mol. The molecule has 0 heteroatoms. The van der Waals surface area contributed by atoms with E-state index < -0.39 is 0 Å². The van der Waals surface area contributed by atoms with Crippen LogP contribution in [0.25, 0.3) is 59.4 Å². The first-order valence-electron chi connectivity index (χ1n) is 10.8. The fourth-order valence-corrected chi connectivity index (χ4v) is 4.31. The molecule has 0 aliphatic rings. The van der Waals surface area contributed by atoms with E-state index in [0.717, 1.165) is 27.8 Å². The summed E-state index contributed by atoms with van der Waals surface area (Å²) in [6.07, 6.45) is 27.3. The van der Waals surface area contributed by atoms with Gasteiger partial charge in [0.2, 0.25) is 0 Å². The van der Waals surface area contributed by atoms with Crippen LogP contribution in [0.15, 0.2) is 50.1 Å². The Balaban J connectivity index is 3.59. The number of hydrogen-bond donors (Lipinski definition) is 0. The maximum atomic E-state index is 4.18. The van der Waals surface area contributed by atoms with E-state index in [1.807, 2.05) is 18.2 Å². The molecule has 0 fully saturated rings. The number of benzene rings is 2. The Morgan fingerprint density at radius 1 is 0.355 bits per heavy atom. The lowest BCUT2D eigenvalue weighted by Crippen LogP contribution is -2.03. The Morgan fingerprint density at radius 2 is 0.581 bits per heavy atom. The highest BCUT2D eigenvalue weighted by atomic mass is 14.2. The topological polar surface area (TPSA) is 0 Å². The zero-order valence-corrected chi connectivity index (χ0v) is 19.6. The van der Waals surface area contributed by atoms with E-state index in [9.17, 15) is 0 Å². The second kappa shape index (κ2) is 11.1. The molecule has 0 atom stereocenters. The summed E-state index contributed by atoms with van der Waals surface area (Å²) in [5, 5.41) is 2.43. The van der Waals surface area contributed by atoms with Crippen LogP contribution in [-0.2, 0) is 0 Å². The van der Waals surface area contributed by atoms with Crippen LogP contribution < -0.4 is 0 Å². The lowest BCUT2D eigenvalue weighted by Gasteiger charge is -2.23. The lowest BCUT2D eigenvalue weighted by molar-refractivity contribution is 1.53. The minimum atomic E-state index is 1.10. The van der Waals surface area contributed by atoms with Crippen molar-refractivity contribution in [3.63, 3.8) is 0 Å². The fraction of sp³-hybridized carbons (Fsp3) is 0.161. The smallest absolute Gasteiger partial charge is 0.00141 e. The molecule has 31 heavy (non-hydrogen) atoms. The second-order valence-electron chi connectivity index (χ2n) is 7.17. The van der Waals surface area contributed by atoms with Crippen molar-refractivity contribution in [3.05, 3.63) is 94.6 Å². The highest BCUT2D eigenvalue weighted by molar-refractivity contribution is 6.13. The van der Waals surface area contributed by atoms with Crippen LogP contribution in [0.2, 0.25) is 0 Å². The molecule has 0 saturated heterocycles. The third kappa shape index (κ3) is 4.25. The Kier molecular flexibility index (Phi) is 8.58. The minimum absolute atomic E-state index is 1.10. The van der Waals surface area contributed by atoms with E-state index in [1.165, 1.54) is 27.5 Å². The van der Waals surface area contributed by atoms with Gasteiger partial charge in [-0.15, -0.1) is 0 Å². The van der Waals surface area contributed by atoms with Gasteiger partial charge in [-0.2, -0.15) is 0 Å². The summed E-state index contributed by atoms with van der Waals surface area (Å²) in [6, 6.07) is 0. The summed E-state index contributed by atoms with van der Waals surface area (Å²) < 4.78 is 0. The average Bonchev–Trinajstić information content (AvgIpc) is 2.77. The highest BCUT2D eigenvalue weighted by Gasteiger charge is 2.22. The minimum Gasteiger partial charge on any atom is -0.0984 e. The Bertz CT molecular complexity index is 1160. The van der Waals surface area contributed by atoms with Gasteiger partial charge < -0.3 is 0 Å². The maximum absolute atomic E-state index is 4.18. The molecule has 0 radical (unpaired) electrons. The van der Waals surface area contributed by atoms with Crippen molar-refractivity contribution in [2.24, 2.45) is 0 Å². The lowest BCUT2D eigenvalue weighted by atomic mass is 9.80. The van der Waals surface area contributed by atoms with Crippen molar-refractivity contribution in [1.82, 2.24) is 0 Å². The third-order valence-electron chi connectivity index (χ3n) is 5.35. The molecule has 2 aromatic carbocycles. The van der Waals surface area contributed by atoms with Gasteiger partial charge in [-0.25, -0.2) is 0 Å². The van der Waals surface area contributed by atoms with E-state index in [4.69, 9.17) is 0 Å². The van der Waals surface area contributed by atoms with Crippen molar-refractivity contribution in [2.45, 2.75) is 34.6 Å². The van der Waals surface area contributed by atoms with Gasteiger partial charge in [0.25, 0.3) is 0 Å². The molecule has 158 valence electrons. The van der Waals surface area contributed by atoms with Crippen LogP contribution in [-0.4, -0.2) is 0 Å². The SMILES string of the molecule is C=Cc1c(C=C)c(/C=C\C)c2c(/C=C\C)c(/C=C\C)c(C=C)c(/C=C\C)c2c1/C=C\C. The fourth-order valence-electron chi connectivity index (χ4n) is 4.31. The molecule has 0 aliphatic carbocycles. The van der Waals surface area contributed by atoms with Crippen molar-refractivity contribution in [3.8, 4) is 0 Å². The molecule has 0 unspecified atom stereocenters. The van der Waals surface area contributed by atoms with Crippen LogP contribution in [0.4, 0.5) is 0 Å². The van der Waals surface area contributed by atoms with Gasteiger partial charge in [-0.1, -0.05) is 98.7 Å². The van der Waals surface area contributed by atoms with Crippen molar-refractivity contribution < 1.29 is 0 Å². The summed E-state index contributed by atoms with van der Waals surface area (Å²) in [4.78, 5) is 0. The average molecular weight is 407 g/mol. The van der Waals surface area contributed by atoms with Crippen molar-refractivity contribution >= 4 is 59.4 Å². The van der Waals surface area contributed by atoms with E-state index in [-0.39, 0.29) is 0 Å². The molecule has 0 bridgehead atoms. The molecule has 2 aromatic rings. The molecule has 0 heterocycles. The zero-order valence-electron chi connectivity index (χ0n) is 19.6. The molecule has 0 N–H and O–H groups in total. The first-order valence-corrected chi connectivity index (χ1v) is 10.8. The second-order valence-corrected chi connectivity index (χ2v) is 7.17. The first-order chi connectivity index (χ1) is 15.1. The van der Waals surface area contributed by atoms with Crippen molar-refractivity contribution in [1.29, 1.82) is 0 Å². The summed E-state index contributed by atoms with van der Waals surface area (Å²) in [7, 11) is 0. The van der Waals surface area contributed by atoms with Crippen LogP contribution in [0.1, 0.15) is 79.1 Å². The number of fused-ring (bicyclic) bond motifs is 1. The predicted octanol–water partition coefficient (Wildman–Crippen LogP) is 9.93. The molecule has 0 aliphatic heterocycles. The van der Waals surface area contributed by atoms with Gasteiger partial charge >= 0.3 is 0 Å². The highest BCUT2D eigenvalue weighted by Crippen LogP contribution is 2.43. The Labute approximate surface area is 188 Å². The van der Waals surface area contributed by atoms with Gasteiger partial charge in [0.1, 0.15) is 0 Å². The van der Waals surface area contributed by atoms with Gasteiger partial charge in [-0.05, 0) is 89.9 Å². The molecule has 0 nitrogen and oxygen atoms in total. The summed E-state index contributed by atoms with van der Waals surface area (Å²) in [5.41, 5.74) is 9.19. The molecule has 0 saturated carbocycles. The Hall–Kier alpha value is -3.38. The Morgan fingerprint density at radius 3 is 0.839 bits per heavy atom. The van der Waals surface area contributed by atoms with E-state index in [1.54, 1.807) is 0 Å². The predicted molar refractivity (Wildman–Crippen MR) is 148 cm³/mol. The third-order valence-corrected chi connectivity index (χ3v) is 5.35. The molecule has 0 amide bonds. The molecule has 2 rings (SSSR count). The summed E-state index contributed by atoms with van der Waals surface area (Å²) in [6.45, 7) is 22.8. The first kappa shape index (κ1) is 23.9. The largest absolute Gasteiger partial charge is 0.0984 e. The summed E-state index contributed by atoms with van der Waals surface area (Å²) >= 11 is 0. The normalized spacial score (nSPS) is 12.4. The maximum Gasteiger partial charge on any atom is -0.00141 e.